The zero-order chi connectivity index (χ0) is 12.6. The topological polar surface area (TPSA) is 58.4 Å². The molecule has 1 aromatic heterocycles. The molecule has 0 aromatic carbocycles. The number of aryl methyl sites for hydroxylation is 1. The molecule has 0 radical (unpaired) electrons. The number of aliphatic hydroxyl groups is 1. The van der Waals surface area contributed by atoms with Crippen LogP contribution in [0.15, 0.2) is 0 Å². The number of β-amino-alcohol motifs (C(OH)–C–C–N with tert-alkyl or cyclic N) is 1. The van der Waals surface area contributed by atoms with E-state index in [1.54, 1.807) is 9.58 Å². The van der Waals surface area contributed by atoms with Crippen molar-refractivity contribution in [1.82, 2.24) is 14.7 Å². The van der Waals surface area contributed by atoms with Crippen molar-refractivity contribution in [2.75, 3.05) is 13.1 Å². The Morgan fingerprint density at radius 1 is 1.59 bits per heavy atom. The lowest BCUT2D eigenvalue weighted by molar-refractivity contribution is -0.131. The van der Waals surface area contributed by atoms with Gasteiger partial charge in [0.15, 0.2) is 0 Å². The summed E-state index contributed by atoms with van der Waals surface area (Å²) in [5, 5.41) is 14.2. The summed E-state index contributed by atoms with van der Waals surface area (Å²) in [5.74, 6) is -0.0242. The Hall–Kier alpha value is -1.07. The quantitative estimate of drug-likeness (QED) is 0.851. The first-order valence-electron chi connectivity index (χ1n) is 5.64. The molecule has 1 aromatic rings. The van der Waals surface area contributed by atoms with Gasteiger partial charge < -0.3 is 10.0 Å². The van der Waals surface area contributed by atoms with Crippen molar-refractivity contribution in [3.8, 4) is 0 Å². The fourth-order valence-electron chi connectivity index (χ4n) is 2.03. The van der Waals surface area contributed by atoms with Crippen LogP contribution in [-0.4, -0.2) is 44.9 Å². The molecule has 2 rings (SSSR count). The molecule has 1 fully saturated rings. The van der Waals surface area contributed by atoms with Crippen LogP contribution >= 0.6 is 11.6 Å². The van der Waals surface area contributed by atoms with Crippen LogP contribution in [0.1, 0.15) is 17.8 Å². The third kappa shape index (κ3) is 2.45. The average molecular weight is 258 g/mol. The molecule has 17 heavy (non-hydrogen) atoms. The first-order chi connectivity index (χ1) is 7.99. The van der Waals surface area contributed by atoms with Crippen molar-refractivity contribution >= 4 is 17.5 Å². The van der Waals surface area contributed by atoms with Gasteiger partial charge in [-0.15, -0.1) is 0 Å². The molecule has 0 bridgehead atoms. The van der Waals surface area contributed by atoms with Gasteiger partial charge in [0, 0.05) is 13.1 Å². The van der Waals surface area contributed by atoms with Gasteiger partial charge in [0.05, 0.1) is 22.5 Å². The third-order valence-corrected chi connectivity index (χ3v) is 3.64. The van der Waals surface area contributed by atoms with Crippen LogP contribution in [0.5, 0.6) is 0 Å². The minimum Gasteiger partial charge on any atom is -0.391 e. The lowest BCUT2D eigenvalue weighted by Crippen LogP contribution is -2.33. The van der Waals surface area contributed by atoms with Crippen LogP contribution in [0, 0.1) is 13.8 Å². The van der Waals surface area contributed by atoms with Crippen molar-refractivity contribution in [2.24, 2.45) is 0 Å². The molecular weight excluding hydrogens is 242 g/mol. The fourth-order valence-corrected chi connectivity index (χ4v) is 2.16. The van der Waals surface area contributed by atoms with Crippen LogP contribution in [0.2, 0.25) is 5.02 Å². The van der Waals surface area contributed by atoms with Crippen molar-refractivity contribution in [2.45, 2.75) is 32.9 Å². The fraction of sp³-hybridized carbons (Fsp3) is 0.636. The maximum absolute atomic E-state index is 11.9. The number of halogens is 1. The maximum Gasteiger partial charge on any atom is 0.244 e. The van der Waals surface area contributed by atoms with E-state index in [-0.39, 0.29) is 18.6 Å². The second kappa shape index (κ2) is 4.66. The average Bonchev–Trinajstić information content (AvgIpc) is 2.80. The van der Waals surface area contributed by atoms with Crippen LogP contribution < -0.4 is 0 Å². The molecule has 1 N–H and O–H groups in total. The molecule has 5 nitrogen and oxygen atoms in total. The van der Waals surface area contributed by atoms with Gasteiger partial charge in [0.25, 0.3) is 0 Å². The number of carbonyl (C=O) groups is 1. The highest BCUT2D eigenvalue weighted by Crippen LogP contribution is 2.19. The number of aliphatic hydroxyl groups excluding tert-OH is 1. The summed E-state index contributed by atoms with van der Waals surface area (Å²) in [5.41, 5.74) is 1.54. The third-order valence-electron chi connectivity index (χ3n) is 3.09. The Morgan fingerprint density at radius 3 is 2.76 bits per heavy atom. The Labute approximate surface area is 105 Å². The standard InChI is InChI=1S/C11H16ClN3O2/c1-7-11(12)8(2)15(13-7)6-10(17)14-4-3-9(16)5-14/h9,16H,3-6H2,1-2H3/t9-/m1/s1. The number of carbonyl (C=O) groups excluding carboxylic acids is 1. The number of nitrogens with zero attached hydrogens (tertiary/aromatic N) is 3. The summed E-state index contributed by atoms with van der Waals surface area (Å²) >= 11 is 6.02. The summed E-state index contributed by atoms with van der Waals surface area (Å²) in [4.78, 5) is 13.6. The number of hydrogen-bond acceptors (Lipinski definition) is 3. The van der Waals surface area contributed by atoms with Gasteiger partial charge >= 0.3 is 0 Å². The highest BCUT2D eigenvalue weighted by Gasteiger charge is 2.25. The number of amides is 1. The molecule has 1 amide bonds. The number of aromatic nitrogens is 2. The normalized spacial score (nSPS) is 20.0. The van der Waals surface area contributed by atoms with Crippen LogP contribution in [0.3, 0.4) is 0 Å². The van der Waals surface area contributed by atoms with E-state index in [9.17, 15) is 9.90 Å². The van der Waals surface area contributed by atoms with E-state index in [4.69, 9.17) is 11.6 Å². The molecule has 6 heteroatoms. The van der Waals surface area contributed by atoms with E-state index in [1.807, 2.05) is 13.8 Å². The van der Waals surface area contributed by atoms with Crippen molar-refractivity contribution in [3.05, 3.63) is 16.4 Å². The largest absolute Gasteiger partial charge is 0.391 e. The first kappa shape index (κ1) is 12.4. The first-order valence-corrected chi connectivity index (χ1v) is 6.02. The van der Waals surface area contributed by atoms with Gasteiger partial charge in [-0.05, 0) is 20.3 Å². The molecule has 1 saturated heterocycles. The number of likely N-dealkylation sites (tertiary alicyclic amines) is 1. The Kier molecular flexibility index (Phi) is 3.40. The minimum atomic E-state index is -0.386. The zero-order valence-electron chi connectivity index (χ0n) is 9.98. The molecule has 1 atom stereocenters. The molecule has 0 unspecified atom stereocenters. The smallest absolute Gasteiger partial charge is 0.244 e. The summed E-state index contributed by atoms with van der Waals surface area (Å²) in [6.45, 7) is 4.88. The van der Waals surface area contributed by atoms with Crippen molar-refractivity contribution < 1.29 is 9.90 Å². The minimum absolute atomic E-state index is 0.0242. The number of rotatable bonds is 2. The summed E-state index contributed by atoms with van der Waals surface area (Å²) in [7, 11) is 0. The molecule has 2 heterocycles. The molecule has 1 aliphatic rings. The van der Waals surface area contributed by atoms with E-state index in [0.29, 0.717) is 24.5 Å². The highest BCUT2D eigenvalue weighted by molar-refractivity contribution is 6.31. The predicted molar refractivity (Wildman–Crippen MR) is 63.9 cm³/mol. The zero-order valence-corrected chi connectivity index (χ0v) is 10.7. The second-order valence-electron chi connectivity index (χ2n) is 4.42. The number of hydrogen-bond donors (Lipinski definition) is 1. The van der Waals surface area contributed by atoms with Gasteiger partial charge in [-0.3, -0.25) is 9.48 Å². The molecule has 0 spiro atoms. The van der Waals surface area contributed by atoms with Gasteiger partial charge in [-0.2, -0.15) is 5.10 Å². The highest BCUT2D eigenvalue weighted by atomic mass is 35.5. The molecule has 0 aliphatic carbocycles. The maximum atomic E-state index is 11.9. The Bertz CT molecular complexity index is 444. The monoisotopic (exact) mass is 257 g/mol. The van der Waals surface area contributed by atoms with Crippen LogP contribution in [-0.2, 0) is 11.3 Å². The van der Waals surface area contributed by atoms with Crippen LogP contribution in [0.25, 0.3) is 0 Å². The van der Waals surface area contributed by atoms with Gasteiger partial charge in [-0.1, -0.05) is 11.6 Å². The van der Waals surface area contributed by atoms with Crippen molar-refractivity contribution in [1.29, 1.82) is 0 Å². The Morgan fingerprint density at radius 2 is 2.29 bits per heavy atom. The molecule has 0 saturated carbocycles. The molecular formula is C11H16ClN3O2. The predicted octanol–water partition coefficient (Wildman–Crippen LogP) is 0.747. The van der Waals surface area contributed by atoms with Gasteiger partial charge in [0.1, 0.15) is 6.54 Å². The lowest BCUT2D eigenvalue weighted by atomic mass is 10.3. The van der Waals surface area contributed by atoms with Crippen LogP contribution in [0.4, 0.5) is 0 Å². The van der Waals surface area contributed by atoms with E-state index in [0.717, 1.165) is 11.4 Å². The summed E-state index contributed by atoms with van der Waals surface area (Å²) in [6.07, 6.45) is 0.270. The Balaban J connectivity index is 2.05. The van der Waals surface area contributed by atoms with E-state index < -0.39 is 0 Å². The SMILES string of the molecule is Cc1nn(CC(=O)N2CC[C@@H](O)C2)c(C)c1Cl. The van der Waals surface area contributed by atoms with Gasteiger partial charge in [0.2, 0.25) is 5.91 Å². The lowest BCUT2D eigenvalue weighted by Gasteiger charge is -2.15. The van der Waals surface area contributed by atoms with E-state index in [1.165, 1.54) is 0 Å². The van der Waals surface area contributed by atoms with Gasteiger partial charge in [-0.25, -0.2) is 0 Å². The van der Waals surface area contributed by atoms with Crippen molar-refractivity contribution in [3.63, 3.8) is 0 Å². The summed E-state index contributed by atoms with van der Waals surface area (Å²) < 4.78 is 1.62. The molecule has 1 aliphatic heterocycles. The van der Waals surface area contributed by atoms with E-state index in [2.05, 4.69) is 5.10 Å². The van der Waals surface area contributed by atoms with E-state index >= 15 is 0 Å². The second-order valence-corrected chi connectivity index (χ2v) is 4.80. The molecule has 94 valence electrons. The summed E-state index contributed by atoms with van der Waals surface area (Å²) in [6, 6.07) is 0.